The third-order valence-corrected chi connectivity index (χ3v) is 28.8. The van der Waals surface area contributed by atoms with E-state index in [1.54, 1.807) is 0 Å². The SMILES string of the molecule is CC(C)c1cc(C(C)C)c(B2c3ccc(N4c5ccccc5[Si]5(c6ccccc6-c6ccccc65)c5ccccc54)cc3Oc3ccc(N4c5ccccc5[Si]5(c6ccccc6-c6ccccc65)c5ccccc54)cc32)c(C(C)C)c1. The van der Waals surface area contributed by atoms with Gasteiger partial charge in [0.1, 0.15) is 11.5 Å². The molecule has 0 radical (unpaired) electrons. The molecule has 0 fully saturated rings. The van der Waals surface area contributed by atoms with Gasteiger partial charge in [-0.2, -0.15) is 0 Å². The summed E-state index contributed by atoms with van der Waals surface area (Å²) in [5, 5.41) is 11.6. The summed E-state index contributed by atoms with van der Waals surface area (Å²) in [6.07, 6.45) is 0. The summed E-state index contributed by atoms with van der Waals surface area (Å²) in [6.45, 7) is 14.1. The van der Waals surface area contributed by atoms with Gasteiger partial charge in [-0.05, 0) is 158 Å². The minimum atomic E-state index is -2.75. The Hall–Kier alpha value is -8.68. The lowest BCUT2D eigenvalue weighted by atomic mass is 9.33. The number of nitrogens with zero attached hydrogens (tertiary/aromatic N) is 2. The number of rotatable bonds is 6. The number of hydrogen-bond donors (Lipinski definition) is 0. The Morgan fingerprint density at radius 3 is 1.05 bits per heavy atom. The molecule has 3 nitrogen and oxygen atoms in total. The van der Waals surface area contributed by atoms with Crippen molar-refractivity contribution in [3.8, 4) is 33.8 Å². The van der Waals surface area contributed by atoms with Crippen LogP contribution < -0.4 is 72.4 Å². The summed E-state index contributed by atoms with van der Waals surface area (Å²) >= 11 is 0. The number of hydrogen-bond acceptors (Lipinski definition) is 3. The van der Waals surface area contributed by atoms with Gasteiger partial charge in [0.15, 0.2) is 16.1 Å². The van der Waals surface area contributed by atoms with Gasteiger partial charge in [-0.1, -0.05) is 235 Å². The van der Waals surface area contributed by atoms with Gasteiger partial charge in [-0.3, -0.25) is 0 Å². The molecule has 81 heavy (non-hydrogen) atoms. The van der Waals surface area contributed by atoms with Crippen LogP contribution >= 0.6 is 0 Å². The molecule has 0 N–H and O–H groups in total. The van der Waals surface area contributed by atoms with Gasteiger partial charge in [0, 0.05) is 40.2 Å². The van der Waals surface area contributed by atoms with Gasteiger partial charge in [0.2, 0.25) is 0 Å². The minimum Gasteiger partial charge on any atom is -0.458 e. The average Bonchev–Trinajstić information content (AvgIpc) is 3.31. The van der Waals surface area contributed by atoms with Crippen LogP contribution in [-0.2, 0) is 0 Å². The lowest BCUT2D eigenvalue weighted by molar-refractivity contribution is 0.487. The second-order valence-corrected chi connectivity index (χ2v) is 31.3. The van der Waals surface area contributed by atoms with Crippen LogP contribution in [0.2, 0.25) is 0 Å². The van der Waals surface area contributed by atoms with E-state index in [0.29, 0.717) is 5.92 Å². The topological polar surface area (TPSA) is 15.7 Å². The summed E-state index contributed by atoms with van der Waals surface area (Å²) in [7, 11) is -5.48. The molecule has 16 rings (SSSR count). The van der Waals surface area contributed by atoms with Gasteiger partial charge in [0.25, 0.3) is 6.71 Å². The van der Waals surface area contributed by atoms with Crippen LogP contribution in [0.5, 0.6) is 11.5 Å². The molecule has 0 amide bonds. The summed E-state index contributed by atoms with van der Waals surface area (Å²) < 4.78 is 7.49. The fourth-order valence-corrected chi connectivity index (χ4v) is 26.7. The Morgan fingerprint density at radius 1 is 0.321 bits per heavy atom. The molecular formula is C75H61BN2OSi2. The molecule has 5 heterocycles. The van der Waals surface area contributed by atoms with Crippen molar-refractivity contribution in [2.75, 3.05) is 9.80 Å². The normalized spacial score (nSPS) is 14.9. The Bertz CT molecular complexity index is 4220. The molecule has 0 saturated heterocycles. The maximum atomic E-state index is 7.49. The first-order chi connectivity index (χ1) is 39.7. The van der Waals surface area contributed by atoms with E-state index in [9.17, 15) is 0 Å². The zero-order valence-corrected chi connectivity index (χ0v) is 48.7. The van der Waals surface area contributed by atoms with Crippen molar-refractivity contribution in [3.63, 3.8) is 0 Å². The Balaban J connectivity index is 0.905. The molecule has 2 spiro atoms. The first kappa shape index (κ1) is 48.2. The molecule has 5 aliphatic rings. The van der Waals surface area contributed by atoms with Gasteiger partial charge in [0.05, 0.1) is 0 Å². The monoisotopic (exact) mass is 1070 g/mol. The van der Waals surface area contributed by atoms with Crippen LogP contribution in [0.1, 0.15) is 76.0 Å². The predicted octanol–water partition coefficient (Wildman–Crippen LogP) is 12.0. The van der Waals surface area contributed by atoms with Crippen LogP contribution in [0, 0.1) is 0 Å². The van der Waals surface area contributed by atoms with E-state index in [-0.39, 0.29) is 18.5 Å². The third-order valence-electron chi connectivity index (χ3n) is 18.9. The van der Waals surface area contributed by atoms with Crippen LogP contribution in [0.15, 0.2) is 243 Å². The van der Waals surface area contributed by atoms with Crippen molar-refractivity contribution in [1.29, 1.82) is 0 Å². The van der Waals surface area contributed by atoms with Gasteiger partial charge in [-0.25, -0.2) is 0 Å². The van der Waals surface area contributed by atoms with Gasteiger partial charge in [-0.15, -0.1) is 0 Å². The molecule has 11 aromatic rings. The van der Waals surface area contributed by atoms with Crippen molar-refractivity contribution in [3.05, 3.63) is 259 Å². The van der Waals surface area contributed by atoms with Crippen molar-refractivity contribution >= 4 is 115 Å². The summed E-state index contributed by atoms with van der Waals surface area (Å²) in [5.41, 5.74) is 20.7. The van der Waals surface area contributed by atoms with Crippen molar-refractivity contribution in [2.24, 2.45) is 0 Å². The number of ether oxygens (including phenoxy) is 1. The fraction of sp³-hybridized carbons (Fsp3) is 0.120. The van der Waals surface area contributed by atoms with Crippen LogP contribution in [0.25, 0.3) is 22.3 Å². The summed E-state index contributed by atoms with van der Waals surface area (Å²) in [6, 6.07) is 93.3. The molecule has 11 aromatic carbocycles. The van der Waals surface area contributed by atoms with Crippen molar-refractivity contribution in [2.45, 2.75) is 59.3 Å². The standard InChI is InChI=1S/C75H61BN2OSi2/c1-47(2)50-43-57(48(3)4)75(58(44-50)49(5)6)76-59-41-39-52(78-63-29-13-21-37-73(63)81(74-38-22-14-30-64(74)78)69-33-17-9-25-55(69)56-26-10-18-34-70(56)81)46-66(59)79-65-42-40-51(45-60(65)76)77-61-27-11-19-35-71(61)80(72-36-20-12-28-62(72)77)67-31-15-7-23-53(67)54-24-8-16-32-68(54)80/h7-49H,1-6H3. The Labute approximate surface area is 478 Å². The van der Waals surface area contributed by atoms with E-state index in [1.807, 2.05) is 0 Å². The highest BCUT2D eigenvalue weighted by Gasteiger charge is 2.56. The minimum absolute atomic E-state index is 0.110. The highest BCUT2D eigenvalue weighted by molar-refractivity contribution is 7.24. The average molecular weight is 1070 g/mol. The maximum Gasteiger partial charge on any atom is 0.251 e. The molecule has 5 aliphatic heterocycles. The zero-order valence-electron chi connectivity index (χ0n) is 46.7. The Morgan fingerprint density at radius 2 is 0.667 bits per heavy atom. The molecule has 0 unspecified atom stereocenters. The largest absolute Gasteiger partial charge is 0.458 e. The fourth-order valence-electron chi connectivity index (χ4n) is 15.6. The van der Waals surface area contributed by atoms with Crippen LogP contribution in [0.4, 0.5) is 34.1 Å². The summed E-state index contributed by atoms with van der Waals surface area (Å²) in [5.74, 6) is 2.77. The number of benzene rings is 11. The molecule has 388 valence electrons. The second kappa shape index (κ2) is 17.9. The van der Waals surface area contributed by atoms with E-state index in [2.05, 4.69) is 294 Å². The molecular weight excluding hydrogens is 1010 g/mol. The van der Waals surface area contributed by atoms with Crippen molar-refractivity contribution < 1.29 is 4.74 Å². The van der Waals surface area contributed by atoms with Crippen LogP contribution in [-0.4, -0.2) is 22.9 Å². The smallest absolute Gasteiger partial charge is 0.251 e. The first-order valence-electron chi connectivity index (χ1n) is 29.2. The number of fused-ring (bicyclic) bond motifs is 20. The summed E-state index contributed by atoms with van der Waals surface area (Å²) in [4.78, 5) is 5.10. The van der Waals surface area contributed by atoms with Crippen LogP contribution in [0.3, 0.4) is 0 Å². The number of para-hydroxylation sites is 4. The van der Waals surface area contributed by atoms with Gasteiger partial charge >= 0.3 is 0 Å². The molecule has 0 aromatic heterocycles. The molecule has 0 saturated carbocycles. The quantitative estimate of drug-likeness (QED) is 0.154. The molecule has 6 heteroatoms. The Kier molecular flexibility index (Phi) is 10.7. The van der Waals surface area contributed by atoms with Crippen molar-refractivity contribution in [1.82, 2.24) is 0 Å². The third kappa shape index (κ3) is 6.52. The predicted molar refractivity (Wildman–Crippen MR) is 348 cm³/mol. The number of anilines is 6. The molecule has 0 bridgehead atoms. The van der Waals surface area contributed by atoms with E-state index >= 15 is 0 Å². The molecule has 0 aliphatic carbocycles. The maximum absolute atomic E-state index is 7.49. The van der Waals surface area contributed by atoms with E-state index in [0.717, 1.165) is 22.9 Å². The zero-order chi connectivity index (χ0) is 54.5. The molecule has 0 atom stereocenters. The van der Waals surface area contributed by atoms with E-state index in [1.165, 1.54) is 120 Å². The first-order valence-corrected chi connectivity index (χ1v) is 33.2. The van der Waals surface area contributed by atoms with Gasteiger partial charge < -0.3 is 14.5 Å². The van der Waals surface area contributed by atoms with E-state index < -0.39 is 16.1 Å². The highest BCUT2D eigenvalue weighted by atomic mass is 28.3. The lowest BCUT2D eigenvalue weighted by Crippen LogP contribution is -2.75. The highest BCUT2D eigenvalue weighted by Crippen LogP contribution is 2.45. The van der Waals surface area contributed by atoms with E-state index in [4.69, 9.17) is 4.74 Å². The lowest BCUT2D eigenvalue weighted by Gasteiger charge is -2.44. The second-order valence-electron chi connectivity index (χ2n) is 24.0.